The molecule has 16 heteroatoms. The summed E-state index contributed by atoms with van der Waals surface area (Å²) < 4.78 is 59.4. The summed E-state index contributed by atoms with van der Waals surface area (Å²) in [5, 5.41) is 0.319. The molecule has 0 aliphatic carbocycles. The van der Waals surface area contributed by atoms with E-state index < -0.39 is 55.7 Å². The minimum absolute atomic E-state index is 0.166. The van der Waals surface area contributed by atoms with E-state index in [0.717, 1.165) is 22.8 Å². The van der Waals surface area contributed by atoms with Gasteiger partial charge in [0.1, 0.15) is 34.8 Å². The van der Waals surface area contributed by atoms with Crippen molar-refractivity contribution < 1.29 is 26.7 Å². The number of carbonyl (C=O) groups excluding carboxylic acids is 1. The van der Waals surface area contributed by atoms with Gasteiger partial charge in [-0.25, -0.2) is 36.5 Å². The Kier molecular flexibility index (Phi) is 6.17. The number of aromatic nitrogens is 2. The van der Waals surface area contributed by atoms with E-state index in [1.54, 1.807) is 0 Å². The Labute approximate surface area is 192 Å². The number of carbonyl (C=O) groups is 1. The summed E-state index contributed by atoms with van der Waals surface area (Å²) in [6.07, 6.45) is 2.03. The highest BCUT2D eigenvalue weighted by molar-refractivity contribution is 7.89. The first-order chi connectivity index (χ1) is 15.1. The van der Waals surface area contributed by atoms with Crippen LogP contribution in [0.4, 0.5) is 14.5 Å². The van der Waals surface area contributed by atoms with Gasteiger partial charge in [-0.05, 0) is 18.3 Å². The quantitative estimate of drug-likeness (QED) is 0.552. The van der Waals surface area contributed by atoms with Crippen LogP contribution in [0.1, 0.15) is 23.0 Å². The standard InChI is InChI=1S/C17H15B3F2N6O4S/c1-16(7-33(30,31)28(2)15(23)27-16)9-3-8(4-10(21)13(9)22)26-14(29)11-5-25-12(6-24-11)32-17(18,19)20/h3-6H,7H2,1-2H3,(H2,23,27)(H,26,29)/t16-/m0/s1. The molecule has 0 saturated carbocycles. The zero-order chi connectivity index (χ0) is 24.8. The largest absolute Gasteiger partial charge is 0.500 e. The van der Waals surface area contributed by atoms with Crippen molar-refractivity contribution in [2.24, 2.45) is 10.7 Å². The van der Waals surface area contributed by atoms with Crippen molar-refractivity contribution in [2.45, 2.75) is 17.8 Å². The van der Waals surface area contributed by atoms with Crippen LogP contribution in [-0.2, 0) is 15.6 Å². The van der Waals surface area contributed by atoms with E-state index in [1.165, 1.54) is 14.0 Å². The number of nitrogens with one attached hydrogen (secondary N) is 1. The molecule has 2 aromatic rings. The van der Waals surface area contributed by atoms with Crippen molar-refractivity contribution in [3.63, 3.8) is 0 Å². The minimum atomic E-state index is -3.95. The van der Waals surface area contributed by atoms with Crippen molar-refractivity contribution in [2.75, 3.05) is 18.1 Å². The average Bonchev–Trinajstić information content (AvgIpc) is 2.67. The summed E-state index contributed by atoms with van der Waals surface area (Å²) in [5.41, 5.74) is 3.08. The molecule has 6 radical (unpaired) electrons. The second-order valence-electron chi connectivity index (χ2n) is 7.44. The lowest BCUT2D eigenvalue weighted by Crippen LogP contribution is -2.50. The number of rotatable bonds is 5. The van der Waals surface area contributed by atoms with E-state index in [-0.39, 0.29) is 17.3 Å². The third-order valence-electron chi connectivity index (χ3n) is 4.57. The number of amides is 1. The molecule has 166 valence electrons. The fraction of sp³-hybridized carbons (Fsp3) is 0.294. The highest BCUT2D eigenvalue weighted by Crippen LogP contribution is 2.35. The van der Waals surface area contributed by atoms with E-state index in [2.05, 4.69) is 20.3 Å². The second-order valence-corrected chi connectivity index (χ2v) is 9.44. The third-order valence-corrected chi connectivity index (χ3v) is 6.52. The molecule has 0 spiro atoms. The van der Waals surface area contributed by atoms with Crippen molar-refractivity contribution in [3.05, 3.63) is 47.4 Å². The van der Waals surface area contributed by atoms with Gasteiger partial charge in [0, 0.05) is 24.4 Å². The second kappa shape index (κ2) is 8.32. The Balaban J connectivity index is 1.91. The molecule has 3 rings (SSSR count). The van der Waals surface area contributed by atoms with E-state index in [4.69, 9.17) is 34.0 Å². The molecule has 10 nitrogen and oxygen atoms in total. The summed E-state index contributed by atoms with van der Waals surface area (Å²) in [6.45, 7) is 1.28. The van der Waals surface area contributed by atoms with Gasteiger partial charge in [0.05, 0.1) is 18.1 Å². The Morgan fingerprint density at radius 3 is 2.48 bits per heavy atom. The van der Waals surface area contributed by atoms with Gasteiger partial charge in [-0.1, -0.05) is 0 Å². The number of anilines is 1. The van der Waals surface area contributed by atoms with Crippen molar-refractivity contribution >= 4 is 51.1 Å². The van der Waals surface area contributed by atoms with Gasteiger partial charge in [0.25, 0.3) is 5.91 Å². The molecule has 1 atom stereocenters. The Morgan fingerprint density at radius 2 is 1.94 bits per heavy atom. The first-order valence-electron chi connectivity index (χ1n) is 9.12. The molecule has 1 aromatic carbocycles. The summed E-state index contributed by atoms with van der Waals surface area (Å²) in [7, 11) is 13.1. The topological polar surface area (TPSA) is 140 Å². The van der Waals surface area contributed by atoms with E-state index in [9.17, 15) is 22.0 Å². The monoisotopic (exact) mass is 470 g/mol. The molecule has 3 N–H and O–H groups in total. The predicted octanol–water partition coefficient (Wildman–Crippen LogP) is -0.692. The zero-order valence-electron chi connectivity index (χ0n) is 17.4. The zero-order valence-corrected chi connectivity index (χ0v) is 18.2. The highest BCUT2D eigenvalue weighted by atomic mass is 32.2. The first kappa shape index (κ1) is 24.5. The van der Waals surface area contributed by atoms with Crippen molar-refractivity contribution in [1.82, 2.24) is 14.3 Å². The molecule has 1 aliphatic heterocycles. The van der Waals surface area contributed by atoms with Crippen LogP contribution in [0.2, 0.25) is 0 Å². The van der Waals surface area contributed by atoms with Crippen LogP contribution in [0.3, 0.4) is 0 Å². The molecule has 0 fully saturated rings. The normalized spacial score (nSPS) is 20.1. The molecule has 33 heavy (non-hydrogen) atoms. The van der Waals surface area contributed by atoms with Gasteiger partial charge in [0.2, 0.25) is 21.9 Å². The Morgan fingerprint density at radius 1 is 1.27 bits per heavy atom. The Hall–Kier alpha value is -3.16. The van der Waals surface area contributed by atoms with Gasteiger partial charge >= 0.3 is 0 Å². The number of halogens is 2. The molecular formula is C17H15B3F2N6O4S. The summed E-state index contributed by atoms with van der Waals surface area (Å²) in [6, 6.07) is 1.78. The fourth-order valence-electron chi connectivity index (χ4n) is 3.00. The van der Waals surface area contributed by atoms with Gasteiger partial charge < -0.3 is 15.8 Å². The molecule has 0 saturated heterocycles. The number of sulfonamides is 1. The van der Waals surface area contributed by atoms with Gasteiger partial charge in [0.15, 0.2) is 11.6 Å². The lowest BCUT2D eigenvalue weighted by atomic mass is 9.52. The molecule has 1 aliphatic rings. The molecule has 2 heterocycles. The smallest absolute Gasteiger partial charge is 0.275 e. The average molecular weight is 470 g/mol. The SMILES string of the molecule is [B]C([B])([B])Oc1cnc(C(=O)Nc2cc(F)c(F)c([C@]3(C)CS(=O)(=O)N(C)C(N)=N3)c2)cn1. The summed E-state index contributed by atoms with van der Waals surface area (Å²) in [5.74, 6) is -4.75. The molecule has 0 unspecified atom stereocenters. The van der Waals surface area contributed by atoms with E-state index >= 15 is 0 Å². The van der Waals surface area contributed by atoms with Crippen LogP contribution in [0, 0.1) is 11.6 Å². The first-order valence-corrected chi connectivity index (χ1v) is 10.7. The highest BCUT2D eigenvalue weighted by Gasteiger charge is 2.42. The van der Waals surface area contributed by atoms with Crippen LogP contribution < -0.4 is 15.8 Å². The molecular weight excluding hydrogens is 455 g/mol. The van der Waals surface area contributed by atoms with Crippen LogP contribution in [0.15, 0.2) is 29.5 Å². The fourth-order valence-corrected chi connectivity index (χ4v) is 4.45. The predicted molar refractivity (Wildman–Crippen MR) is 117 cm³/mol. The lowest BCUT2D eigenvalue weighted by Gasteiger charge is -2.34. The van der Waals surface area contributed by atoms with Gasteiger partial charge in [-0.3, -0.25) is 4.79 Å². The summed E-state index contributed by atoms with van der Waals surface area (Å²) in [4.78, 5) is 24.1. The summed E-state index contributed by atoms with van der Waals surface area (Å²) >= 11 is 0. The van der Waals surface area contributed by atoms with Gasteiger partial charge in [-0.15, -0.1) is 0 Å². The van der Waals surface area contributed by atoms with Crippen LogP contribution in [-0.4, -0.2) is 76.2 Å². The maximum absolute atomic E-state index is 14.7. The minimum Gasteiger partial charge on any atom is -0.500 e. The number of nitrogens with two attached hydrogens (primary N) is 1. The van der Waals surface area contributed by atoms with Gasteiger partial charge in [-0.2, -0.15) is 0 Å². The maximum atomic E-state index is 14.7. The van der Waals surface area contributed by atoms with E-state index in [0.29, 0.717) is 6.07 Å². The van der Waals surface area contributed by atoms with Crippen molar-refractivity contribution in [1.29, 1.82) is 0 Å². The van der Waals surface area contributed by atoms with Crippen LogP contribution >= 0.6 is 0 Å². The van der Waals surface area contributed by atoms with Crippen LogP contribution in [0.5, 0.6) is 5.88 Å². The maximum Gasteiger partial charge on any atom is 0.275 e. The number of nitrogens with zero attached hydrogens (tertiary/aromatic N) is 4. The molecule has 0 bridgehead atoms. The van der Waals surface area contributed by atoms with Crippen molar-refractivity contribution in [3.8, 4) is 5.88 Å². The van der Waals surface area contributed by atoms with E-state index in [1.807, 2.05) is 0 Å². The van der Waals surface area contributed by atoms with Crippen LogP contribution in [0.25, 0.3) is 0 Å². The number of ether oxygens (including phenoxy) is 1. The number of benzene rings is 1. The Bertz CT molecular complexity index is 1240. The number of guanidine groups is 1. The molecule has 1 aromatic heterocycles. The molecule has 1 amide bonds. The third kappa shape index (κ3) is 5.26. The lowest BCUT2D eigenvalue weighted by molar-refractivity contribution is 0.102. The number of aliphatic imine (C=N–C) groups is 1. The number of hydrogen-bond donors (Lipinski definition) is 2. The number of hydrogen-bond acceptors (Lipinski definition) is 8.